The van der Waals surface area contributed by atoms with E-state index in [0.29, 0.717) is 82.1 Å². The number of ether oxygens (including phenoxy) is 2. The van der Waals surface area contributed by atoms with E-state index in [1.807, 2.05) is 11.8 Å². The Hall–Kier alpha value is -3.31. The molecule has 0 unspecified atom stereocenters. The maximum atomic E-state index is 13.8. The number of nitrogens with two attached hydrogens (primary N) is 2. The zero-order valence-electron chi connectivity index (χ0n) is 30.4. The molecule has 6 rings (SSSR count). The predicted octanol–water partition coefficient (Wildman–Crippen LogP) is 1.31. The van der Waals surface area contributed by atoms with Crippen molar-refractivity contribution in [1.82, 2.24) is 9.80 Å². The predicted molar refractivity (Wildman–Crippen MR) is 194 cm³/mol. The molecule has 5 N–H and O–H groups in total. The van der Waals surface area contributed by atoms with Gasteiger partial charge in [-0.15, -0.1) is 0 Å². The molecule has 0 atom stereocenters. The van der Waals surface area contributed by atoms with Crippen molar-refractivity contribution in [2.24, 2.45) is 16.5 Å². The number of hydrogen-bond donors (Lipinski definition) is 3. The van der Waals surface area contributed by atoms with E-state index >= 15 is 0 Å². The minimum absolute atomic E-state index is 0.0279. The highest BCUT2D eigenvalue weighted by molar-refractivity contribution is 7.95. The number of likely N-dealkylation sites (tertiary alicyclic amines) is 1. The van der Waals surface area contributed by atoms with E-state index in [1.165, 1.54) is 4.90 Å². The first-order chi connectivity index (χ1) is 24.4. The third-order valence-electron chi connectivity index (χ3n) is 12.0. The van der Waals surface area contributed by atoms with Crippen LogP contribution in [0.4, 0.5) is 0 Å². The Bertz CT molecular complexity index is 1870. The molecule has 4 aliphatic carbocycles. The molecule has 0 aromatic carbocycles. The summed E-state index contributed by atoms with van der Waals surface area (Å²) in [5, 5.41) is 8.46. The van der Waals surface area contributed by atoms with Crippen molar-refractivity contribution in [2.45, 2.75) is 110 Å². The fourth-order valence-corrected chi connectivity index (χ4v) is 12.9. The van der Waals surface area contributed by atoms with Crippen molar-refractivity contribution in [1.29, 1.82) is 5.41 Å². The second kappa shape index (κ2) is 13.5. The fourth-order valence-electron chi connectivity index (χ4n) is 7.53. The van der Waals surface area contributed by atoms with Crippen LogP contribution >= 0.6 is 0 Å². The van der Waals surface area contributed by atoms with Gasteiger partial charge in [-0.1, -0.05) is 0 Å². The lowest BCUT2D eigenvalue weighted by atomic mass is 9.98. The lowest BCUT2D eigenvalue weighted by Crippen LogP contribution is -2.51. The van der Waals surface area contributed by atoms with Crippen LogP contribution in [0.3, 0.4) is 0 Å². The van der Waals surface area contributed by atoms with Gasteiger partial charge in [-0.05, 0) is 85.0 Å². The molecule has 288 valence electrons. The van der Waals surface area contributed by atoms with Crippen molar-refractivity contribution in [3.05, 3.63) is 22.5 Å². The molecule has 6 aliphatic rings. The van der Waals surface area contributed by atoms with Gasteiger partial charge >= 0.3 is 11.9 Å². The summed E-state index contributed by atoms with van der Waals surface area (Å²) in [6, 6.07) is 0. The van der Waals surface area contributed by atoms with Crippen molar-refractivity contribution in [2.75, 3.05) is 52.5 Å². The molecule has 0 bridgehead atoms. The molecule has 52 heavy (non-hydrogen) atoms. The Labute approximate surface area is 305 Å². The molecule has 1 amide bonds. The average Bonchev–Trinajstić information content (AvgIpc) is 3.88. The molecule has 4 saturated carbocycles. The molecular formula is C35H52N6O9S2. The maximum absolute atomic E-state index is 13.8. The highest BCUT2D eigenvalue weighted by Crippen LogP contribution is 2.57. The van der Waals surface area contributed by atoms with Crippen molar-refractivity contribution < 1.29 is 40.7 Å². The van der Waals surface area contributed by atoms with Crippen LogP contribution in [0.2, 0.25) is 0 Å². The highest BCUT2D eigenvalue weighted by Gasteiger charge is 2.66. The third kappa shape index (κ3) is 6.80. The van der Waals surface area contributed by atoms with Crippen LogP contribution in [0.25, 0.3) is 0 Å². The number of hydrogen-bond acceptors (Lipinski definition) is 14. The van der Waals surface area contributed by atoms with Gasteiger partial charge in [0.1, 0.15) is 17.1 Å². The molecule has 15 nitrogen and oxygen atoms in total. The zero-order chi connectivity index (χ0) is 37.9. The van der Waals surface area contributed by atoms with Gasteiger partial charge in [0.15, 0.2) is 19.7 Å². The highest BCUT2D eigenvalue weighted by atomic mass is 32.2. The molecule has 0 aromatic rings. The number of sulfone groups is 2. The number of amides is 1. The number of piperidine rings is 1. The van der Waals surface area contributed by atoms with Crippen LogP contribution in [0, 0.1) is 5.41 Å². The van der Waals surface area contributed by atoms with E-state index in [-0.39, 0.29) is 74.9 Å². The summed E-state index contributed by atoms with van der Waals surface area (Å²) in [7, 11) is -6.72. The number of carbonyl (C=O) groups excluding carboxylic acids is 3. The summed E-state index contributed by atoms with van der Waals surface area (Å²) in [6.45, 7) is 6.57. The Morgan fingerprint density at radius 2 is 1.44 bits per heavy atom. The smallest absolute Gasteiger partial charge is 0.356 e. The normalized spacial score (nSPS) is 26.1. The summed E-state index contributed by atoms with van der Waals surface area (Å²) < 4.78 is 60.7. The quantitative estimate of drug-likeness (QED) is 0.0874. The van der Waals surface area contributed by atoms with E-state index in [9.17, 15) is 31.2 Å². The summed E-state index contributed by atoms with van der Waals surface area (Å²) >= 11 is 0. The molecule has 0 aromatic heterocycles. The summed E-state index contributed by atoms with van der Waals surface area (Å²) in [5.74, 6) is -2.14. The SMILES string of the molecule is CCOC(=O)C(N)=C1CCN(CC2(S(=O)(=O)C3(C)CC3)CC2)C(=O)C1=NCCCOC(=O)C(=N)C1=C(N)CN(CC2(S(=O)(=O)C3(C)CC3)CC2)CC1. The number of rotatable bonds is 16. The van der Waals surface area contributed by atoms with Gasteiger partial charge in [0.25, 0.3) is 5.91 Å². The van der Waals surface area contributed by atoms with Crippen LogP contribution in [-0.2, 0) is 43.5 Å². The number of nitrogens with one attached hydrogen (secondary N) is 1. The molecule has 5 fully saturated rings. The van der Waals surface area contributed by atoms with Crippen LogP contribution < -0.4 is 11.5 Å². The van der Waals surface area contributed by atoms with Crippen LogP contribution in [0.1, 0.15) is 91.4 Å². The largest absolute Gasteiger partial charge is 0.461 e. The first-order valence-electron chi connectivity index (χ1n) is 18.3. The minimum atomic E-state index is -3.46. The minimum Gasteiger partial charge on any atom is -0.461 e. The lowest BCUT2D eigenvalue weighted by molar-refractivity contribution is -0.138. The molecule has 2 heterocycles. The van der Waals surface area contributed by atoms with E-state index in [0.717, 1.165) is 0 Å². The van der Waals surface area contributed by atoms with Gasteiger partial charge in [0, 0.05) is 62.5 Å². The monoisotopic (exact) mass is 764 g/mol. The first kappa shape index (κ1) is 38.4. The Morgan fingerprint density at radius 1 is 0.865 bits per heavy atom. The molecule has 0 spiro atoms. The van der Waals surface area contributed by atoms with Crippen molar-refractivity contribution >= 4 is 48.9 Å². The molecular weight excluding hydrogens is 713 g/mol. The third-order valence-corrected chi connectivity index (χ3v) is 18.7. The summed E-state index contributed by atoms with van der Waals surface area (Å²) in [5.41, 5.74) is 12.8. The lowest BCUT2D eigenvalue weighted by Gasteiger charge is -2.33. The van der Waals surface area contributed by atoms with E-state index < -0.39 is 56.5 Å². The van der Waals surface area contributed by atoms with Crippen molar-refractivity contribution in [3.63, 3.8) is 0 Å². The zero-order valence-corrected chi connectivity index (χ0v) is 32.1. The van der Waals surface area contributed by atoms with Crippen molar-refractivity contribution in [3.8, 4) is 0 Å². The van der Waals surface area contributed by atoms with Gasteiger partial charge in [0.2, 0.25) is 0 Å². The number of aliphatic imine (C=N–C) groups is 1. The van der Waals surface area contributed by atoms with Gasteiger partial charge < -0.3 is 25.8 Å². The van der Waals surface area contributed by atoms with Crippen LogP contribution in [-0.4, -0.2) is 127 Å². The van der Waals surface area contributed by atoms with Gasteiger partial charge in [-0.25, -0.2) is 26.4 Å². The van der Waals surface area contributed by atoms with E-state index in [1.54, 1.807) is 13.8 Å². The Morgan fingerprint density at radius 3 is 1.96 bits per heavy atom. The van der Waals surface area contributed by atoms with E-state index in [2.05, 4.69) is 4.99 Å². The summed E-state index contributed by atoms with van der Waals surface area (Å²) in [6.07, 6.45) is 5.57. The van der Waals surface area contributed by atoms with Gasteiger partial charge in [0.05, 0.1) is 32.2 Å². The topological polar surface area (TPSA) is 233 Å². The number of esters is 2. The number of nitrogens with zero attached hydrogens (tertiary/aromatic N) is 3. The standard InChI is InChI=1S/C35H52N6O9S2/c1-4-49-30(43)27(38)24-7-18-41(22-35(14-15-35)52(47,48)33(3)10-11-33)29(42)28(24)39-16-5-19-50-31(44)26(37)23-6-17-40(20-25(23)36)21-34(12-13-34)51(45,46)32(2)8-9-32/h37H,4-22,36,38H2,1-3H3. The maximum Gasteiger partial charge on any atom is 0.356 e. The Kier molecular flexibility index (Phi) is 9.99. The average molecular weight is 765 g/mol. The number of carbonyl (C=O) groups is 3. The first-order valence-corrected chi connectivity index (χ1v) is 21.3. The van der Waals surface area contributed by atoms with Gasteiger partial charge in [-0.2, -0.15) is 0 Å². The van der Waals surface area contributed by atoms with Crippen LogP contribution in [0.15, 0.2) is 27.5 Å². The second-order valence-electron chi connectivity index (χ2n) is 15.9. The molecule has 2 aliphatic heterocycles. The molecule has 1 saturated heterocycles. The summed E-state index contributed by atoms with van der Waals surface area (Å²) in [4.78, 5) is 47.1. The Balaban J connectivity index is 1.05. The molecule has 0 radical (unpaired) electrons. The van der Waals surface area contributed by atoms with Gasteiger partial charge in [-0.3, -0.25) is 20.1 Å². The van der Waals surface area contributed by atoms with Crippen LogP contribution in [0.5, 0.6) is 0 Å². The van der Waals surface area contributed by atoms with E-state index in [4.69, 9.17) is 26.4 Å². The fraction of sp³-hybridized carbons (Fsp3) is 0.743. The molecule has 17 heteroatoms. The second-order valence-corrected chi connectivity index (χ2v) is 21.6.